The van der Waals surface area contributed by atoms with Gasteiger partial charge < -0.3 is 11.1 Å². The molecule has 32 heavy (non-hydrogen) atoms. The molecule has 0 aromatic rings. The molecule has 0 unspecified atom stereocenters. The van der Waals surface area contributed by atoms with Crippen LogP contribution in [0, 0.1) is 0 Å². The monoisotopic (exact) mass is 510 g/mol. The Morgan fingerprint density at radius 3 is 1.41 bits per heavy atom. The first-order valence-corrected chi connectivity index (χ1v) is 8.31. The SMILES string of the molecule is N[C@H]1CCCC[C@H]1NC(=O)C(F)(F)C(F)(F)C(F)(F)C(F)(F)C(F)(F)C(F)(F)C(F)(F)F. The van der Waals surface area contributed by atoms with Gasteiger partial charge in [-0.05, 0) is 12.8 Å². The van der Waals surface area contributed by atoms with Gasteiger partial charge in [0.1, 0.15) is 0 Å². The average Bonchev–Trinajstić information content (AvgIpc) is 2.61. The van der Waals surface area contributed by atoms with E-state index in [1.807, 2.05) is 0 Å². The maximum atomic E-state index is 13.8. The van der Waals surface area contributed by atoms with Crippen LogP contribution in [0.1, 0.15) is 25.7 Å². The standard InChI is InChI=1S/C14H13F15N2O/c15-8(16,7(32)31-6-4-2-1-3-5(6)30)9(17,18)10(19,20)11(21,22)12(23,24)13(25,26)14(27,28)29/h5-6H,1-4,30H2,(H,31,32)/t5-,6+/m0/s1. The van der Waals surface area contributed by atoms with E-state index in [1.165, 1.54) is 0 Å². The molecule has 0 radical (unpaired) electrons. The van der Waals surface area contributed by atoms with Gasteiger partial charge in [-0.2, -0.15) is 65.9 Å². The van der Waals surface area contributed by atoms with E-state index in [-0.39, 0.29) is 19.3 Å². The summed E-state index contributed by atoms with van der Waals surface area (Å²) in [7, 11) is 0. The highest BCUT2D eigenvalue weighted by Gasteiger charge is 2.94. The summed E-state index contributed by atoms with van der Waals surface area (Å²) in [5, 5.41) is 1.04. The predicted octanol–water partition coefficient (Wildman–Crippen LogP) is 4.75. The molecule has 0 aromatic carbocycles. The van der Waals surface area contributed by atoms with E-state index in [1.54, 1.807) is 0 Å². The molecule has 1 fully saturated rings. The third kappa shape index (κ3) is 3.95. The molecule has 3 N–H and O–H groups in total. The first kappa shape index (κ1) is 28.4. The maximum absolute atomic E-state index is 13.8. The van der Waals surface area contributed by atoms with Gasteiger partial charge in [0, 0.05) is 12.1 Å². The van der Waals surface area contributed by atoms with Crippen molar-refractivity contribution >= 4 is 5.91 Å². The van der Waals surface area contributed by atoms with Crippen molar-refractivity contribution in [1.29, 1.82) is 0 Å². The lowest BCUT2D eigenvalue weighted by atomic mass is 9.89. The normalized spacial score (nSPS) is 22.6. The quantitative estimate of drug-likeness (QED) is 0.487. The Morgan fingerprint density at radius 1 is 0.625 bits per heavy atom. The lowest BCUT2D eigenvalue weighted by Gasteiger charge is -2.41. The molecule has 0 aromatic heterocycles. The summed E-state index contributed by atoms with van der Waals surface area (Å²) in [6, 6.07) is -2.75. The third-order valence-corrected chi connectivity index (χ3v) is 4.75. The van der Waals surface area contributed by atoms with Gasteiger partial charge in [0.25, 0.3) is 5.91 Å². The molecule has 0 aliphatic heterocycles. The fourth-order valence-corrected chi connectivity index (χ4v) is 2.71. The minimum absolute atomic E-state index is 0.0138. The predicted molar refractivity (Wildman–Crippen MR) is 74.1 cm³/mol. The number of nitrogens with one attached hydrogen (secondary N) is 1. The Kier molecular flexibility index (Phi) is 7.10. The number of rotatable bonds is 7. The van der Waals surface area contributed by atoms with Crippen LogP contribution in [0.15, 0.2) is 0 Å². The van der Waals surface area contributed by atoms with Crippen LogP contribution in [0.2, 0.25) is 0 Å². The molecule has 1 aliphatic carbocycles. The number of hydrogen-bond acceptors (Lipinski definition) is 2. The number of carbonyl (C=O) groups is 1. The highest BCUT2D eigenvalue weighted by molar-refractivity contribution is 5.85. The number of amides is 1. The van der Waals surface area contributed by atoms with Gasteiger partial charge in [-0.3, -0.25) is 4.79 Å². The third-order valence-electron chi connectivity index (χ3n) is 4.75. The first-order chi connectivity index (χ1) is 13.9. The molecule has 0 bridgehead atoms. The van der Waals surface area contributed by atoms with Crippen LogP contribution in [0.3, 0.4) is 0 Å². The van der Waals surface area contributed by atoms with Gasteiger partial charge in [0.05, 0.1) is 0 Å². The summed E-state index contributed by atoms with van der Waals surface area (Å²) in [5.41, 5.74) is 5.38. The van der Waals surface area contributed by atoms with Crippen LogP contribution in [0.25, 0.3) is 0 Å². The largest absolute Gasteiger partial charge is 0.460 e. The van der Waals surface area contributed by atoms with Crippen molar-refractivity contribution < 1.29 is 70.7 Å². The van der Waals surface area contributed by atoms with Gasteiger partial charge in [-0.25, -0.2) is 0 Å². The summed E-state index contributed by atoms with van der Waals surface area (Å²) < 4.78 is 196. The second-order valence-corrected chi connectivity index (χ2v) is 6.97. The molecule has 3 nitrogen and oxygen atoms in total. The number of halogens is 15. The molecular weight excluding hydrogens is 497 g/mol. The summed E-state index contributed by atoms with van der Waals surface area (Å²) in [6.45, 7) is 0. The second-order valence-electron chi connectivity index (χ2n) is 6.97. The van der Waals surface area contributed by atoms with E-state index in [0.29, 0.717) is 6.42 Å². The van der Waals surface area contributed by atoms with Crippen LogP contribution in [-0.2, 0) is 4.79 Å². The zero-order chi connectivity index (χ0) is 25.8. The molecule has 1 rings (SSSR count). The maximum Gasteiger partial charge on any atom is 0.460 e. The highest BCUT2D eigenvalue weighted by Crippen LogP contribution is 2.62. The summed E-state index contributed by atoms with van der Waals surface area (Å²) in [5.74, 6) is -51.4. The van der Waals surface area contributed by atoms with Crippen molar-refractivity contribution in [3.63, 3.8) is 0 Å². The molecule has 190 valence electrons. The number of hydrogen-bond donors (Lipinski definition) is 2. The summed E-state index contributed by atoms with van der Waals surface area (Å²) in [6.07, 6.45) is -7.40. The van der Waals surface area contributed by atoms with E-state index in [4.69, 9.17) is 5.73 Å². The van der Waals surface area contributed by atoms with E-state index >= 15 is 0 Å². The van der Waals surface area contributed by atoms with Crippen LogP contribution in [0.5, 0.6) is 0 Å². The fraction of sp³-hybridized carbons (Fsp3) is 0.929. The Balaban J connectivity index is 3.40. The Hall–Kier alpha value is -1.62. The van der Waals surface area contributed by atoms with Crippen molar-refractivity contribution in [2.75, 3.05) is 0 Å². The van der Waals surface area contributed by atoms with Gasteiger partial charge in [-0.15, -0.1) is 0 Å². The van der Waals surface area contributed by atoms with E-state index in [0.717, 1.165) is 5.32 Å². The van der Waals surface area contributed by atoms with Crippen LogP contribution in [0.4, 0.5) is 65.9 Å². The molecular formula is C14H13F15N2O. The Labute approximate surface area is 168 Å². The first-order valence-electron chi connectivity index (χ1n) is 8.31. The zero-order valence-electron chi connectivity index (χ0n) is 15.1. The molecule has 0 spiro atoms. The molecule has 1 amide bonds. The van der Waals surface area contributed by atoms with Crippen molar-refractivity contribution in [2.45, 2.75) is 79.5 Å². The average molecular weight is 510 g/mol. The van der Waals surface area contributed by atoms with E-state index < -0.39 is 59.7 Å². The van der Waals surface area contributed by atoms with Crippen molar-refractivity contribution in [1.82, 2.24) is 5.32 Å². The Morgan fingerprint density at radius 2 is 1.00 bits per heavy atom. The fourth-order valence-electron chi connectivity index (χ4n) is 2.71. The van der Waals surface area contributed by atoms with Crippen LogP contribution >= 0.6 is 0 Å². The number of alkyl halides is 15. The molecule has 1 aliphatic rings. The topological polar surface area (TPSA) is 55.1 Å². The smallest absolute Gasteiger partial charge is 0.346 e. The summed E-state index contributed by atoms with van der Waals surface area (Å²) >= 11 is 0. The lowest BCUT2D eigenvalue weighted by molar-refractivity contribution is -0.449. The second kappa shape index (κ2) is 8.00. The molecule has 0 saturated heterocycles. The van der Waals surface area contributed by atoms with Gasteiger partial charge in [-0.1, -0.05) is 12.8 Å². The molecule has 2 atom stereocenters. The van der Waals surface area contributed by atoms with Crippen LogP contribution in [-0.4, -0.2) is 59.7 Å². The van der Waals surface area contributed by atoms with Crippen molar-refractivity contribution in [3.05, 3.63) is 0 Å². The number of carbonyl (C=O) groups excluding carboxylic acids is 1. The van der Waals surface area contributed by atoms with E-state index in [2.05, 4.69) is 0 Å². The molecule has 18 heteroatoms. The lowest BCUT2D eigenvalue weighted by Crippen LogP contribution is -2.74. The van der Waals surface area contributed by atoms with E-state index in [9.17, 15) is 70.7 Å². The van der Waals surface area contributed by atoms with Gasteiger partial charge >= 0.3 is 41.7 Å². The van der Waals surface area contributed by atoms with Crippen molar-refractivity contribution in [3.8, 4) is 0 Å². The summed E-state index contributed by atoms with van der Waals surface area (Å²) in [4.78, 5) is 11.4. The minimum Gasteiger partial charge on any atom is -0.346 e. The Bertz CT molecular complexity index is 703. The number of nitrogens with two attached hydrogens (primary N) is 1. The minimum atomic E-state index is -8.42. The highest BCUT2D eigenvalue weighted by atomic mass is 19.4. The molecule has 1 saturated carbocycles. The molecule has 0 heterocycles. The zero-order valence-corrected chi connectivity index (χ0v) is 15.1. The van der Waals surface area contributed by atoms with Crippen molar-refractivity contribution in [2.24, 2.45) is 5.73 Å². The van der Waals surface area contributed by atoms with Gasteiger partial charge in [0.15, 0.2) is 0 Å². The van der Waals surface area contributed by atoms with Crippen LogP contribution < -0.4 is 11.1 Å². The van der Waals surface area contributed by atoms with Gasteiger partial charge in [0.2, 0.25) is 0 Å².